The van der Waals surface area contributed by atoms with Crippen molar-refractivity contribution in [2.75, 3.05) is 19.0 Å². The van der Waals surface area contributed by atoms with E-state index >= 15 is 0 Å². The zero-order valence-corrected chi connectivity index (χ0v) is 21.6. The summed E-state index contributed by atoms with van der Waals surface area (Å²) >= 11 is 1.28. The number of aryl methyl sites for hydroxylation is 1. The van der Waals surface area contributed by atoms with E-state index in [4.69, 9.17) is 13.9 Å². The Hall–Kier alpha value is -4.30. The highest BCUT2D eigenvalue weighted by Crippen LogP contribution is 2.37. The Morgan fingerprint density at radius 3 is 2.59 bits per heavy atom. The Morgan fingerprint density at radius 1 is 1.08 bits per heavy atom. The summed E-state index contributed by atoms with van der Waals surface area (Å²) in [6.07, 6.45) is 1.61. The second-order valence-corrected chi connectivity index (χ2v) is 9.35. The number of ether oxygens (including phenoxy) is 2. The van der Waals surface area contributed by atoms with Crippen molar-refractivity contribution < 1.29 is 23.5 Å². The molecular formula is C29H26N2O5S. The van der Waals surface area contributed by atoms with Gasteiger partial charge in [-0.05, 0) is 42.7 Å². The van der Waals surface area contributed by atoms with Crippen molar-refractivity contribution in [3.8, 4) is 16.9 Å². The van der Waals surface area contributed by atoms with Crippen molar-refractivity contribution in [3.63, 3.8) is 0 Å². The molecular weight excluding hydrogens is 488 g/mol. The Morgan fingerprint density at radius 2 is 1.86 bits per heavy atom. The van der Waals surface area contributed by atoms with Crippen molar-refractivity contribution in [1.29, 1.82) is 0 Å². The van der Waals surface area contributed by atoms with Crippen LogP contribution in [0.2, 0.25) is 0 Å². The fourth-order valence-corrected chi connectivity index (χ4v) is 5.25. The number of nitrogens with zero attached hydrogens (tertiary/aromatic N) is 1. The second kappa shape index (κ2) is 10.4. The number of thiophene rings is 1. The van der Waals surface area contributed by atoms with E-state index in [0.717, 1.165) is 22.2 Å². The smallest absolute Gasteiger partial charge is 0.341 e. The fraction of sp³-hybridized carbons (Fsp3) is 0.172. The van der Waals surface area contributed by atoms with Crippen LogP contribution in [0.1, 0.15) is 38.9 Å². The van der Waals surface area contributed by atoms with Crippen LogP contribution in [-0.4, -0.2) is 30.2 Å². The molecule has 5 aromatic rings. The lowest BCUT2D eigenvalue weighted by atomic mass is 10.0. The summed E-state index contributed by atoms with van der Waals surface area (Å²) in [4.78, 5) is 26.6. The highest BCUT2D eigenvalue weighted by atomic mass is 32.1. The molecule has 0 aliphatic carbocycles. The van der Waals surface area contributed by atoms with Gasteiger partial charge in [0.25, 0.3) is 5.91 Å². The van der Waals surface area contributed by atoms with Gasteiger partial charge in [0.15, 0.2) is 5.58 Å². The van der Waals surface area contributed by atoms with E-state index in [0.29, 0.717) is 39.7 Å². The molecule has 0 atom stereocenters. The summed E-state index contributed by atoms with van der Waals surface area (Å²) in [5, 5.41) is 5.24. The predicted molar refractivity (Wildman–Crippen MR) is 145 cm³/mol. The summed E-state index contributed by atoms with van der Waals surface area (Å²) < 4.78 is 18.1. The largest absolute Gasteiger partial charge is 0.497 e. The Kier molecular flexibility index (Phi) is 6.83. The Bertz CT molecular complexity index is 1580. The van der Waals surface area contributed by atoms with Crippen LogP contribution in [-0.2, 0) is 11.3 Å². The Balaban J connectivity index is 1.52. The van der Waals surface area contributed by atoms with E-state index in [1.54, 1.807) is 26.4 Å². The standard InChI is InChI=1S/C29H26N2O5S/c1-4-35-29(33)26-22(19-9-11-21(34-3)12-10-19)17-37-28(26)30-27(32)24-15-25-23(13-14-36-25)31(24)16-20-8-6-5-7-18(20)2/h5-15,17H,4,16H2,1-3H3,(H,30,32). The zero-order valence-electron chi connectivity index (χ0n) is 20.7. The summed E-state index contributed by atoms with van der Waals surface area (Å²) in [6, 6.07) is 19.0. The molecule has 37 heavy (non-hydrogen) atoms. The number of amides is 1. The summed E-state index contributed by atoms with van der Waals surface area (Å²) in [6.45, 7) is 4.52. The lowest BCUT2D eigenvalue weighted by Gasteiger charge is -2.13. The molecule has 1 amide bonds. The topological polar surface area (TPSA) is 82.7 Å². The molecule has 5 rings (SSSR count). The van der Waals surface area contributed by atoms with Crippen LogP contribution < -0.4 is 10.1 Å². The van der Waals surface area contributed by atoms with Gasteiger partial charge in [0, 0.05) is 29.6 Å². The third-order valence-electron chi connectivity index (χ3n) is 6.24. The van der Waals surface area contributed by atoms with Crippen LogP contribution in [0, 0.1) is 6.92 Å². The van der Waals surface area contributed by atoms with Gasteiger partial charge in [-0.25, -0.2) is 4.79 Å². The number of nitrogens with one attached hydrogen (secondary N) is 1. The number of methoxy groups -OCH3 is 1. The lowest BCUT2D eigenvalue weighted by Crippen LogP contribution is -2.19. The second-order valence-electron chi connectivity index (χ2n) is 8.47. The first-order chi connectivity index (χ1) is 18.0. The monoisotopic (exact) mass is 514 g/mol. The number of anilines is 1. The lowest BCUT2D eigenvalue weighted by molar-refractivity contribution is 0.0529. The van der Waals surface area contributed by atoms with Gasteiger partial charge in [0.05, 0.1) is 25.5 Å². The van der Waals surface area contributed by atoms with E-state index in [-0.39, 0.29) is 12.5 Å². The molecule has 3 aromatic heterocycles. The van der Waals surface area contributed by atoms with Crippen molar-refractivity contribution >= 4 is 39.3 Å². The number of carbonyl (C=O) groups is 2. The number of carbonyl (C=O) groups excluding carboxylic acids is 2. The molecule has 8 heteroatoms. The van der Waals surface area contributed by atoms with Gasteiger partial charge in [-0.3, -0.25) is 4.79 Å². The van der Waals surface area contributed by atoms with Crippen LogP contribution in [0.4, 0.5) is 5.00 Å². The summed E-state index contributed by atoms with van der Waals surface area (Å²) in [5.74, 6) is -0.119. The van der Waals surface area contributed by atoms with Gasteiger partial charge >= 0.3 is 5.97 Å². The molecule has 0 saturated heterocycles. The molecule has 0 aliphatic heterocycles. The number of benzene rings is 2. The maximum absolute atomic E-state index is 13.6. The average Bonchev–Trinajstić information content (AvgIpc) is 3.61. The van der Waals surface area contributed by atoms with E-state index in [1.165, 1.54) is 11.3 Å². The molecule has 1 N–H and O–H groups in total. The van der Waals surface area contributed by atoms with Crippen LogP contribution in [0.3, 0.4) is 0 Å². The molecule has 2 aromatic carbocycles. The number of aromatic nitrogens is 1. The maximum Gasteiger partial charge on any atom is 0.341 e. The van der Waals surface area contributed by atoms with Crippen molar-refractivity contribution in [3.05, 3.63) is 94.7 Å². The minimum absolute atomic E-state index is 0.222. The first kappa shape index (κ1) is 24.4. The van der Waals surface area contributed by atoms with Crippen LogP contribution in [0.25, 0.3) is 22.2 Å². The number of hydrogen-bond acceptors (Lipinski definition) is 6. The number of fused-ring (bicyclic) bond motifs is 1. The maximum atomic E-state index is 13.6. The SMILES string of the molecule is CCOC(=O)c1c(-c2ccc(OC)cc2)csc1NC(=O)c1cc2occc2n1Cc1ccccc1C. The van der Waals surface area contributed by atoms with Crippen molar-refractivity contribution in [2.24, 2.45) is 0 Å². The van der Waals surface area contributed by atoms with Gasteiger partial charge in [-0.1, -0.05) is 36.4 Å². The molecule has 0 fully saturated rings. The zero-order chi connectivity index (χ0) is 25.9. The predicted octanol–water partition coefficient (Wildman–Crippen LogP) is 6.76. The van der Waals surface area contributed by atoms with Gasteiger partial charge in [0.2, 0.25) is 0 Å². The minimum Gasteiger partial charge on any atom is -0.497 e. The number of rotatable bonds is 8. The van der Waals surface area contributed by atoms with E-state index < -0.39 is 5.97 Å². The van der Waals surface area contributed by atoms with Gasteiger partial charge < -0.3 is 23.8 Å². The molecule has 7 nitrogen and oxygen atoms in total. The van der Waals surface area contributed by atoms with Crippen LogP contribution in [0.15, 0.2) is 76.7 Å². The van der Waals surface area contributed by atoms with E-state index in [1.807, 2.05) is 71.5 Å². The number of esters is 1. The first-order valence-electron chi connectivity index (χ1n) is 11.9. The van der Waals surface area contributed by atoms with Crippen LogP contribution in [0.5, 0.6) is 5.75 Å². The molecule has 188 valence electrons. The Labute approximate surface area is 218 Å². The van der Waals surface area contributed by atoms with E-state index in [9.17, 15) is 9.59 Å². The van der Waals surface area contributed by atoms with Crippen LogP contribution >= 0.6 is 11.3 Å². The number of furan rings is 1. The van der Waals surface area contributed by atoms with E-state index in [2.05, 4.69) is 5.32 Å². The minimum atomic E-state index is -0.492. The summed E-state index contributed by atoms with van der Waals surface area (Å²) in [5.41, 5.74) is 5.94. The molecule has 0 aliphatic rings. The molecule has 0 saturated carbocycles. The molecule has 0 bridgehead atoms. The molecule has 3 heterocycles. The molecule has 0 unspecified atom stereocenters. The third-order valence-corrected chi connectivity index (χ3v) is 7.14. The highest BCUT2D eigenvalue weighted by molar-refractivity contribution is 7.15. The average molecular weight is 515 g/mol. The first-order valence-corrected chi connectivity index (χ1v) is 12.7. The summed E-state index contributed by atoms with van der Waals surface area (Å²) in [7, 11) is 1.60. The molecule has 0 radical (unpaired) electrons. The number of hydrogen-bond donors (Lipinski definition) is 1. The van der Waals surface area contributed by atoms with Gasteiger partial charge in [0.1, 0.15) is 22.0 Å². The van der Waals surface area contributed by atoms with Crippen molar-refractivity contribution in [1.82, 2.24) is 4.57 Å². The molecule has 0 spiro atoms. The van der Waals surface area contributed by atoms with Gasteiger partial charge in [-0.2, -0.15) is 0 Å². The van der Waals surface area contributed by atoms with Crippen molar-refractivity contribution in [2.45, 2.75) is 20.4 Å². The fourth-order valence-electron chi connectivity index (χ4n) is 4.30. The highest BCUT2D eigenvalue weighted by Gasteiger charge is 2.25. The third kappa shape index (κ3) is 4.75. The normalized spacial score (nSPS) is 11.0. The van der Waals surface area contributed by atoms with Gasteiger partial charge in [-0.15, -0.1) is 11.3 Å². The quantitative estimate of drug-likeness (QED) is 0.231.